The highest BCUT2D eigenvalue weighted by Gasteiger charge is 2.29. The molecule has 2 aromatic carbocycles. The van der Waals surface area contributed by atoms with Gasteiger partial charge >= 0.3 is 0 Å². The smallest absolute Gasteiger partial charge is 0.239 e. The Labute approximate surface area is 151 Å². The Balaban J connectivity index is 2.87. The van der Waals surface area contributed by atoms with E-state index in [0.717, 1.165) is 0 Å². The fourth-order valence-electron chi connectivity index (χ4n) is 2.07. The monoisotopic (exact) mass is 482 g/mol. The zero-order chi connectivity index (χ0) is 17.6. The minimum atomic E-state index is -4.22. The van der Waals surface area contributed by atoms with E-state index in [1.807, 2.05) is 0 Å². The molecule has 0 radical (unpaired) electrons. The Hall–Kier alpha value is -0.940. The van der Waals surface area contributed by atoms with E-state index in [4.69, 9.17) is 10.9 Å². The van der Waals surface area contributed by atoms with E-state index < -0.39 is 24.8 Å². The van der Waals surface area contributed by atoms with Crippen molar-refractivity contribution in [2.45, 2.75) is 21.6 Å². The number of rotatable bonds is 3. The SMILES string of the molecule is Cc1cccc(S(=O)(=O)c2cc(Br)c(N)cc2Br)c1S(N)(=O)=O. The average molecular weight is 484 g/mol. The fourth-order valence-corrected chi connectivity index (χ4v) is 6.60. The lowest BCUT2D eigenvalue weighted by atomic mass is 10.2. The summed E-state index contributed by atoms with van der Waals surface area (Å²) in [6, 6.07) is 6.87. The van der Waals surface area contributed by atoms with Gasteiger partial charge in [-0.3, -0.25) is 0 Å². The Bertz CT molecular complexity index is 1000. The van der Waals surface area contributed by atoms with Crippen LogP contribution in [-0.2, 0) is 19.9 Å². The summed E-state index contributed by atoms with van der Waals surface area (Å²) in [6.07, 6.45) is 0. The predicted molar refractivity (Wildman–Crippen MR) is 94.3 cm³/mol. The molecule has 0 bridgehead atoms. The van der Waals surface area contributed by atoms with E-state index in [-0.39, 0.29) is 19.8 Å². The highest BCUT2D eigenvalue weighted by molar-refractivity contribution is 9.11. The number of nitrogens with two attached hydrogens (primary N) is 2. The van der Waals surface area contributed by atoms with Crippen LogP contribution in [0.2, 0.25) is 0 Å². The zero-order valence-electron chi connectivity index (χ0n) is 11.7. The third-order valence-corrected chi connectivity index (χ3v) is 7.77. The fraction of sp³-hybridized carbons (Fsp3) is 0.0769. The number of sulfonamides is 1. The first-order valence-corrected chi connectivity index (χ1v) is 10.7. The zero-order valence-corrected chi connectivity index (χ0v) is 16.6. The second-order valence-corrected chi connectivity index (χ2v) is 9.85. The van der Waals surface area contributed by atoms with E-state index in [1.165, 1.54) is 37.3 Å². The normalized spacial score (nSPS) is 12.3. The molecule has 124 valence electrons. The number of aryl methyl sites for hydroxylation is 1. The second-order valence-electron chi connectivity index (χ2n) is 4.75. The summed E-state index contributed by atoms with van der Waals surface area (Å²) in [5.41, 5.74) is 6.30. The lowest BCUT2D eigenvalue weighted by Gasteiger charge is -2.13. The number of hydrogen-bond donors (Lipinski definition) is 2. The third kappa shape index (κ3) is 3.45. The van der Waals surface area contributed by atoms with Crippen LogP contribution in [-0.4, -0.2) is 16.8 Å². The molecule has 0 heterocycles. The maximum atomic E-state index is 12.9. The van der Waals surface area contributed by atoms with Crippen molar-refractivity contribution in [1.29, 1.82) is 0 Å². The van der Waals surface area contributed by atoms with Gasteiger partial charge in [0, 0.05) is 14.6 Å². The molecule has 0 saturated heterocycles. The Morgan fingerprint density at radius 3 is 2.13 bits per heavy atom. The van der Waals surface area contributed by atoms with Gasteiger partial charge < -0.3 is 5.73 Å². The maximum absolute atomic E-state index is 12.9. The molecule has 0 spiro atoms. The van der Waals surface area contributed by atoms with Crippen molar-refractivity contribution >= 4 is 57.4 Å². The van der Waals surface area contributed by atoms with Crippen molar-refractivity contribution in [1.82, 2.24) is 0 Å². The molecule has 2 rings (SSSR count). The lowest BCUT2D eigenvalue weighted by Crippen LogP contribution is -2.18. The number of hydrogen-bond acceptors (Lipinski definition) is 5. The van der Waals surface area contributed by atoms with E-state index in [1.54, 1.807) is 0 Å². The van der Waals surface area contributed by atoms with Crippen LogP contribution in [0.1, 0.15) is 5.56 Å². The van der Waals surface area contributed by atoms with Crippen LogP contribution in [0, 0.1) is 6.92 Å². The van der Waals surface area contributed by atoms with Gasteiger partial charge in [-0.25, -0.2) is 22.0 Å². The molecule has 0 fully saturated rings. The van der Waals surface area contributed by atoms with Crippen molar-refractivity contribution in [2.24, 2.45) is 5.14 Å². The highest BCUT2D eigenvalue weighted by atomic mass is 79.9. The van der Waals surface area contributed by atoms with E-state index in [9.17, 15) is 16.8 Å². The number of sulfone groups is 1. The Morgan fingerprint density at radius 2 is 1.57 bits per heavy atom. The van der Waals surface area contributed by atoms with Crippen LogP contribution < -0.4 is 10.9 Å². The molecular formula is C13H12Br2N2O4S2. The average Bonchev–Trinajstić information content (AvgIpc) is 2.41. The summed E-state index contributed by atoms with van der Waals surface area (Å²) >= 11 is 6.31. The standard InChI is InChI=1S/C13H12Br2N2O4S2/c1-7-3-2-4-11(13(7)23(17,20)21)22(18,19)12-6-8(14)10(16)5-9(12)15/h2-6H,16H2,1H3,(H2,17,20,21). The molecule has 0 aliphatic rings. The summed E-state index contributed by atoms with van der Waals surface area (Å²) in [4.78, 5) is -0.911. The summed E-state index contributed by atoms with van der Waals surface area (Å²) in [6.45, 7) is 1.48. The molecule has 10 heteroatoms. The molecule has 0 aromatic heterocycles. The first-order valence-electron chi connectivity index (χ1n) is 6.08. The van der Waals surface area contributed by atoms with Crippen LogP contribution in [0.4, 0.5) is 5.69 Å². The van der Waals surface area contributed by atoms with Crippen LogP contribution in [0.25, 0.3) is 0 Å². The van der Waals surface area contributed by atoms with Gasteiger partial charge in [0.1, 0.15) is 4.90 Å². The molecule has 0 aliphatic carbocycles. The summed E-state index contributed by atoms with van der Waals surface area (Å²) in [7, 11) is -8.35. The van der Waals surface area contributed by atoms with E-state index in [2.05, 4.69) is 31.9 Å². The van der Waals surface area contributed by atoms with Gasteiger partial charge in [-0.15, -0.1) is 0 Å². The van der Waals surface area contributed by atoms with Crippen molar-refractivity contribution in [3.8, 4) is 0 Å². The van der Waals surface area contributed by atoms with Gasteiger partial charge in [0.25, 0.3) is 0 Å². The molecule has 0 aliphatic heterocycles. The largest absolute Gasteiger partial charge is 0.398 e. The van der Waals surface area contributed by atoms with Crippen molar-refractivity contribution in [3.63, 3.8) is 0 Å². The first-order chi connectivity index (χ1) is 10.5. The van der Waals surface area contributed by atoms with Crippen molar-refractivity contribution < 1.29 is 16.8 Å². The molecule has 6 nitrogen and oxygen atoms in total. The third-order valence-electron chi connectivity index (χ3n) is 3.09. The van der Waals surface area contributed by atoms with Crippen molar-refractivity contribution in [2.75, 3.05) is 5.73 Å². The predicted octanol–water partition coefficient (Wildman–Crippen LogP) is 2.58. The molecule has 0 saturated carbocycles. The van der Waals surface area contributed by atoms with Gasteiger partial charge in [-0.1, -0.05) is 12.1 Å². The first kappa shape index (κ1) is 18.4. The number of halogens is 2. The van der Waals surface area contributed by atoms with Gasteiger partial charge in [-0.05, 0) is 62.5 Å². The molecule has 4 N–H and O–H groups in total. The second kappa shape index (κ2) is 6.17. The highest BCUT2D eigenvalue weighted by Crippen LogP contribution is 2.36. The number of benzene rings is 2. The van der Waals surface area contributed by atoms with Crippen LogP contribution in [0.15, 0.2) is 54.0 Å². The number of anilines is 1. The maximum Gasteiger partial charge on any atom is 0.239 e. The van der Waals surface area contributed by atoms with Crippen molar-refractivity contribution in [3.05, 3.63) is 44.8 Å². The molecule has 0 atom stereocenters. The Morgan fingerprint density at radius 1 is 0.957 bits per heavy atom. The molecule has 0 unspecified atom stereocenters. The summed E-state index contributed by atoms with van der Waals surface area (Å²) in [5, 5.41) is 5.19. The molecule has 0 amide bonds. The Kier molecular flexibility index (Phi) is 4.94. The van der Waals surface area contributed by atoms with E-state index in [0.29, 0.717) is 10.2 Å². The van der Waals surface area contributed by atoms with Gasteiger partial charge in [0.15, 0.2) is 0 Å². The molecular weight excluding hydrogens is 472 g/mol. The summed E-state index contributed by atoms with van der Waals surface area (Å²) in [5.74, 6) is 0. The lowest BCUT2D eigenvalue weighted by molar-refractivity contribution is 0.582. The van der Waals surface area contributed by atoms with Gasteiger partial charge in [0.2, 0.25) is 19.9 Å². The van der Waals surface area contributed by atoms with Gasteiger partial charge in [-0.2, -0.15) is 0 Å². The minimum absolute atomic E-state index is 0.117. The molecule has 23 heavy (non-hydrogen) atoms. The number of nitrogen functional groups attached to an aromatic ring is 1. The minimum Gasteiger partial charge on any atom is -0.398 e. The summed E-state index contributed by atoms with van der Waals surface area (Å²) < 4.78 is 50.1. The quantitative estimate of drug-likeness (QED) is 0.650. The van der Waals surface area contributed by atoms with E-state index >= 15 is 0 Å². The topological polar surface area (TPSA) is 120 Å². The van der Waals surface area contributed by atoms with Crippen LogP contribution >= 0.6 is 31.9 Å². The van der Waals surface area contributed by atoms with Crippen LogP contribution in [0.3, 0.4) is 0 Å². The van der Waals surface area contributed by atoms with Gasteiger partial charge in [0.05, 0.1) is 9.79 Å². The molecule has 2 aromatic rings. The van der Waals surface area contributed by atoms with Crippen LogP contribution in [0.5, 0.6) is 0 Å². The number of primary sulfonamides is 1.